The summed E-state index contributed by atoms with van der Waals surface area (Å²) in [5.74, 6) is 0.162. The number of nitrogens with one attached hydrogen (secondary N) is 1. The van der Waals surface area contributed by atoms with E-state index >= 15 is 0 Å². The van der Waals surface area contributed by atoms with Gasteiger partial charge in [0.1, 0.15) is 5.66 Å². The zero-order valence-corrected chi connectivity index (χ0v) is 11.5. The molecule has 18 heavy (non-hydrogen) atoms. The maximum Gasteiger partial charge on any atom is 0.257 e. The minimum Gasteiger partial charge on any atom is -0.362 e. The maximum atomic E-state index is 12.6. The molecular weight excluding hydrogens is 224 g/mol. The molecule has 3 nitrogen and oxygen atoms in total. The second-order valence-corrected chi connectivity index (χ2v) is 4.87. The molecule has 1 aliphatic rings. The van der Waals surface area contributed by atoms with E-state index in [-0.39, 0.29) is 11.6 Å². The molecule has 0 unspecified atom stereocenters. The molecule has 1 N–H and O–H groups in total. The Morgan fingerprint density at radius 2 is 1.83 bits per heavy atom. The Hall–Kier alpha value is -1.51. The largest absolute Gasteiger partial charge is 0.362 e. The summed E-state index contributed by atoms with van der Waals surface area (Å²) in [6.45, 7) is 7.20. The van der Waals surface area contributed by atoms with Crippen molar-refractivity contribution < 1.29 is 4.79 Å². The number of nitrogens with zero attached hydrogens (tertiary/aromatic N) is 1. The summed E-state index contributed by atoms with van der Waals surface area (Å²) in [5, 5.41) is 3.58. The lowest BCUT2D eigenvalue weighted by Gasteiger charge is -2.48. The summed E-state index contributed by atoms with van der Waals surface area (Å²) in [5.41, 5.74) is 1.54. The number of hydrogen-bond acceptors (Lipinski definition) is 2. The van der Waals surface area contributed by atoms with Crippen molar-refractivity contribution in [3.05, 3.63) is 29.8 Å². The van der Waals surface area contributed by atoms with Crippen molar-refractivity contribution in [1.82, 2.24) is 4.90 Å². The Morgan fingerprint density at radius 3 is 2.44 bits per heavy atom. The van der Waals surface area contributed by atoms with Gasteiger partial charge in [0, 0.05) is 12.2 Å². The minimum absolute atomic E-state index is 0.162. The van der Waals surface area contributed by atoms with Crippen LogP contribution in [0, 0.1) is 0 Å². The summed E-state index contributed by atoms with van der Waals surface area (Å²) in [6.07, 6.45) is 2.82. The molecule has 0 saturated carbocycles. The molecule has 3 heteroatoms. The van der Waals surface area contributed by atoms with Crippen LogP contribution in [0.4, 0.5) is 5.69 Å². The average molecular weight is 246 g/mol. The second kappa shape index (κ2) is 5.01. The Balaban J connectivity index is 2.48. The van der Waals surface area contributed by atoms with Crippen molar-refractivity contribution in [2.75, 3.05) is 11.9 Å². The first kappa shape index (κ1) is 12.9. The molecule has 1 aromatic rings. The number of para-hydroxylation sites is 1. The highest BCUT2D eigenvalue weighted by molar-refractivity contribution is 6.02. The average Bonchev–Trinajstić information content (AvgIpc) is 2.42. The second-order valence-electron chi connectivity index (χ2n) is 4.87. The summed E-state index contributed by atoms with van der Waals surface area (Å²) in [4.78, 5) is 14.6. The van der Waals surface area contributed by atoms with E-state index in [9.17, 15) is 4.79 Å². The Morgan fingerprint density at radius 1 is 1.17 bits per heavy atom. The van der Waals surface area contributed by atoms with Crippen molar-refractivity contribution in [2.24, 2.45) is 0 Å². The van der Waals surface area contributed by atoms with Crippen molar-refractivity contribution >= 4 is 11.6 Å². The zero-order valence-electron chi connectivity index (χ0n) is 11.5. The van der Waals surface area contributed by atoms with Crippen LogP contribution in [0.3, 0.4) is 0 Å². The van der Waals surface area contributed by atoms with Gasteiger partial charge in [-0.2, -0.15) is 0 Å². The van der Waals surface area contributed by atoms with E-state index in [2.05, 4.69) is 26.1 Å². The van der Waals surface area contributed by atoms with Crippen molar-refractivity contribution in [3.8, 4) is 0 Å². The highest BCUT2D eigenvalue weighted by Crippen LogP contribution is 2.35. The number of carbonyl (C=O) groups is 1. The van der Waals surface area contributed by atoms with Gasteiger partial charge >= 0.3 is 0 Å². The first-order valence-corrected chi connectivity index (χ1v) is 6.87. The molecule has 0 atom stereocenters. The standard InChI is InChI=1S/C15H22N2O/c1-4-11-17-14(18)12-9-7-8-10-13(12)16-15(17,5-2)6-3/h7-10,16H,4-6,11H2,1-3H3. The molecule has 1 aromatic carbocycles. The SMILES string of the molecule is CCCN1C(=O)c2ccccc2NC1(CC)CC. The fourth-order valence-corrected chi connectivity index (χ4v) is 2.78. The van der Waals surface area contributed by atoms with Crippen molar-refractivity contribution in [3.63, 3.8) is 0 Å². The van der Waals surface area contributed by atoms with E-state index < -0.39 is 0 Å². The molecule has 0 aliphatic carbocycles. The molecule has 0 aromatic heterocycles. The van der Waals surface area contributed by atoms with Crippen LogP contribution in [0.15, 0.2) is 24.3 Å². The first-order chi connectivity index (χ1) is 8.68. The van der Waals surface area contributed by atoms with Gasteiger partial charge in [0.05, 0.1) is 5.56 Å². The van der Waals surface area contributed by atoms with Gasteiger partial charge in [0.2, 0.25) is 0 Å². The third-order valence-electron chi connectivity index (χ3n) is 3.90. The van der Waals surface area contributed by atoms with Crippen molar-refractivity contribution in [2.45, 2.75) is 45.7 Å². The predicted molar refractivity (Wildman–Crippen MR) is 74.7 cm³/mol. The first-order valence-electron chi connectivity index (χ1n) is 6.87. The molecule has 0 radical (unpaired) electrons. The van der Waals surface area contributed by atoms with Crippen molar-refractivity contribution in [1.29, 1.82) is 0 Å². The van der Waals surface area contributed by atoms with Gasteiger partial charge in [-0.05, 0) is 31.4 Å². The highest BCUT2D eigenvalue weighted by atomic mass is 16.2. The van der Waals surface area contributed by atoms with E-state index in [0.29, 0.717) is 0 Å². The fraction of sp³-hybridized carbons (Fsp3) is 0.533. The highest BCUT2D eigenvalue weighted by Gasteiger charge is 2.41. The summed E-state index contributed by atoms with van der Waals surface area (Å²) in [7, 11) is 0. The molecule has 0 spiro atoms. The monoisotopic (exact) mass is 246 g/mol. The van der Waals surface area contributed by atoms with Crippen LogP contribution in [0.1, 0.15) is 50.4 Å². The number of benzene rings is 1. The molecule has 1 aliphatic heterocycles. The van der Waals surface area contributed by atoms with Gasteiger partial charge in [-0.25, -0.2) is 0 Å². The smallest absolute Gasteiger partial charge is 0.257 e. The van der Waals surface area contributed by atoms with E-state index in [0.717, 1.165) is 37.1 Å². The number of anilines is 1. The lowest BCUT2D eigenvalue weighted by Crippen LogP contribution is -2.59. The molecule has 2 rings (SSSR count). The van der Waals surface area contributed by atoms with Gasteiger partial charge in [-0.1, -0.05) is 32.9 Å². The fourth-order valence-electron chi connectivity index (χ4n) is 2.78. The molecule has 98 valence electrons. The Kier molecular flexibility index (Phi) is 3.60. The lowest BCUT2D eigenvalue weighted by molar-refractivity contribution is 0.0482. The molecule has 1 amide bonds. The normalized spacial score (nSPS) is 17.3. The van der Waals surface area contributed by atoms with Crippen LogP contribution in [0.5, 0.6) is 0 Å². The number of carbonyl (C=O) groups excluding carboxylic acids is 1. The van der Waals surface area contributed by atoms with Crippen LogP contribution in [0.2, 0.25) is 0 Å². The van der Waals surface area contributed by atoms with Crippen LogP contribution in [0.25, 0.3) is 0 Å². The molecule has 1 heterocycles. The number of amides is 1. The minimum atomic E-state index is -0.221. The summed E-state index contributed by atoms with van der Waals surface area (Å²) in [6, 6.07) is 7.80. The number of fused-ring (bicyclic) bond motifs is 1. The Labute approximate surface area is 109 Å². The van der Waals surface area contributed by atoms with Crippen LogP contribution < -0.4 is 5.32 Å². The van der Waals surface area contributed by atoms with E-state index in [1.54, 1.807) is 0 Å². The lowest BCUT2D eigenvalue weighted by atomic mass is 9.94. The summed E-state index contributed by atoms with van der Waals surface area (Å²) >= 11 is 0. The maximum absolute atomic E-state index is 12.6. The molecular formula is C15H22N2O. The van der Waals surface area contributed by atoms with Gasteiger partial charge in [-0.3, -0.25) is 4.79 Å². The zero-order chi connectivity index (χ0) is 13.2. The van der Waals surface area contributed by atoms with Gasteiger partial charge in [0.15, 0.2) is 0 Å². The topological polar surface area (TPSA) is 32.3 Å². The van der Waals surface area contributed by atoms with Gasteiger partial charge in [0.25, 0.3) is 5.91 Å². The van der Waals surface area contributed by atoms with Crippen LogP contribution >= 0.6 is 0 Å². The predicted octanol–water partition coefficient (Wildman–Crippen LogP) is 3.48. The van der Waals surface area contributed by atoms with E-state index in [4.69, 9.17) is 0 Å². The van der Waals surface area contributed by atoms with Gasteiger partial charge in [-0.15, -0.1) is 0 Å². The Bertz CT molecular complexity index is 438. The molecule has 0 saturated heterocycles. The molecule has 0 bridgehead atoms. The van der Waals surface area contributed by atoms with Gasteiger partial charge < -0.3 is 10.2 Å². The number of rotatable bonds is 4. The third-order valence-corrected chi connectivity index (χ3v) is 3.90. The number of hydrogen-bond donors (Lipinski definition) is 1. The third kappa shape index (κ3) is 1.88. The van der Waals surface area contributed by atoms with E-state index in [1.807, 2.05) is 29.2 Å². The molecule has 0 fully saturated rings. The van der Waals surface area contributed by atoms with Crippen LogP contribution in [-0.4, -0.2) is 23.0 Å². The summed E-state index contributed by atoms with van der Waals surface area (Å²) < 4.78 is 0. The quantitative estimate of drug-likeness (QED) is 0.882. The van der Waals surface area contributed by atoms with E-state index in [1.165, 1.54) is 0 Å². The van der Waals surface area contributed by atoms with Crippen LogP contribution in [-0.2, 0) is 0 Å².